The molecular weight excluding hydrogens is 525 g/mol. The smallest absolute Gasteiger partial charge is 0.289 e. The number of carbonyl (C=O) groups excluding carboxylic acids is 1. The lowest BCUT2D eigenvalue weighted by atomic mass is 10.1. The van der Waals surface area contributed by atoms with Crippen LogP contribution in [0, 0.1) is 6.92 Å². The highest BCUT2D eigenvalue weighted by Gasteiger charge is 2.30. The Morgan fingerprint density at radius 2 is 1.75 bits per heavy atom. The first-order valence-electron chi connectivity index (χ1n) is 11.9. The van der Waals surface area contributed by atoms with Crippen molar-refractivity contribution < 1.29 is 22.4 Å². The highest BCUT2D eigenvalue weighted by molar-refractivity contribution is 7.89. The zero-order valence-corrected chi connectivity index (χ0v) is 22.2. The van der Waals surface area contributed by atoms with E-state index < -0.39 is 10.0 Å². The molecule has 2 aromatic carbocycles. The number of aryl methyl sites for hydroxylation is 1. The van der Waals surface area contributed by atoms with E-state index in [4.69, 9.17) is 32.4 Å². The third kappa shape index (κ3) is 4.70. The lowest BCUT2D eigenvalue weighted by Crippen LogP contribution is -2.40. The molecule has 0 aliphatic carbocycles. The van der Waals surface area contributed by atoms with Crippen molar-refractivity contribution in [2.24, 2.45) is 0 Å². The van der Waals surface area contributed by atoms with Crippen LogP contribution in [0.1, 0.15) is 22.5 Å². The lowest BCUT2D eigenvalue weighted by Gasteiger charge is -2.25. The van der Waals surface area contributed by atoms with Crippen LogP contribution in [0.25, 0.3) is 11.0 Å². The van der Waals surface area contributed by atoms with E-state index >= 15 is 0 Å². The summed E-state index contributed by atoms with van der Waals surface area (Å²) in [4.78, 5) is 16.8. The number of amides is 1. The monoisotopic (exact) mass is 551 g/mol. The van der Waals surface area contributed by atoms with Crippen molar-refractivity contribution in [1.82, 2.24) is 9.21 Å². The molecule has 0 spiro atoms. The van der Waals surface area contributed by atoms with Gasteiger partial charge in [0.2, 0.25) is 10.0 Å². The summed E-state index contributed by atoms with van der Waals surface area (Å²) >= 11 is 12.3. The molecule has 36 heavy (non-hydrogen) atoms. The first kappa shape index (κ1) is 25.4. The van der Waals surface area contributed by atoms with Gasteiger partial charge in [-0.1, -0.05) is 29.3 Å². The minimum Gasteiger partial charge on any atom is -0.451 e. The Bertz CT molecular complexity index is 1400. The lowest BCUT2D eigenvalue weighted by molar-refractivity contribution is 0.0284. The standard InChI is InChI=1S/C25H27Cl2N3O5S/c1-17-18-16-22(25(31)29-12-14-34-15-13-29)35-21(18)7-6-20(17)28-8-3-9-30(11-10-28)36(32,33)23-5-2-4-19(26)24(23)27/h2,4-7,16H,3,8-15H2,1H3. The van der Waals surface area contributed by atoms with Crippen LogP contribution in [0.15, 0.2) is 45.7 Å². The largest absolute Gasteiger partial charge is 0.451 e. The number of hydrogen-bond donors (Lipinski definition) is 0. The fourth-order valence-electron chi connectivity index (χ4n) is 4.81. The van der Waals surface area contributed by atoms with Crippen molar-refractivity contribution in [3.05, 3.63) is 57.8 Å². The maximum atomic E-state index is 13.3. The van der Waals surface area contributed by atoms with Gasteiger partial charge in [0.1, 0.15) is 10.5 Å². The van der Waals surface area contributed by atoms with Crippen molar-refractivity contribution in [2.75, 3.05) is 57.4 Å². The summed E-state index contributed by atoms with van der Waals surface area (Å²) in [6.45, 7) is 6.06. The second kappa shape index (κ2) is 10.2. The maximum Gasteiger partial charge on any atom is 0.289 e. The van der Waals surface area contributed by atoms with Crippen LogP contribution in [0.2, 0.25) is 10.0 Å². The number of morpholine rings is 1. The van der Waals surface area contributed by atoms with Crippen LogP contribution in [0.4, 0.5) is 5.69 Å². The average molecular weight is 552 g/mol. The Labute approximate surface area is 220 Å². The van der Waals surface area contributed by atoms with E-state index in [1.54, 1.807) is 17.0 Å². The minimum atomic E-state index is -3.78. The molecule has 3 heterocycles. The Morgan fingerprint density at radius 3 is 2.53 bits per heavy atom. The Balaban J connectivity index is 1.36. The number of furan rings is 1. The van der Waals surface area contributed by atoms with Gasteiger partial charge >= 0.3 is 0 Å². The molecule has 0 bridgehead atoms. The molecule has 2 fully saturated rings. The molecule has 0 unspecified atom stereocenters. The molecule has 2 saturated heterocycles. The molecule has 0 atom stereocenters. The average Bonchev–Trinajstić information content (AvgIpc) is 3.16. The molecule has 0 saturated carbocycles. The van der Waals surface area contributed by atoms with Gasteiger partial charge in [0.25, 0.3) is 5.91 Å². The van der Waals surface area contributed by atoms with Crippen molar-refractivity contribution in [2.45, 2.75) is 18.2 Å². The van der Waals surface area contributed by atoms with E-state index in [0.717, 1.165) is 16.6 Å². The normalized spacial score (nSPS) is 18.0. The van der Waals surface area contributed by atoms with Gasteiger partial charge in [-0.3, -0.25) is 4.79 Å². The summed E-state index contributed by atoms with van der Waals surface area (Å²) in [7, 11) is -3.78. The van der Waals surface area contributed by atoms with Crippen LogP contribution in [-0.4, -0.2) is 76.0 Å². The second-order valence-electron chi connectivity index (χ2n) is 8.93. The summed E-state index contributed by atoms with van der Waals surface area (Å²) in [5.74, 6) is 0.185. The molecule has 1 amide bonds. The SMILES string of the molecule is Cc1c(N2CCCN(S(=O)(=O)c3cccc(Cl)c3Cl)CC2)ccc2oc(C(=O)N3CCOCC3)cc12. The zero-order chi connectivity index (χ0) is 25.4. The summed E-state index contributed by atoms with van der Waals surface area (Å²) < 4.78 is 39.3. The summed E-state index contributed by atoms with van der Waals surface area (Å²) in [6, 6.07) is 10.3. The van der Waals surface area contributed by atoms with E-state index in [0.29, 0.717) is 70.2 Å². The van der Waals surface area contributed by atoms with Crippen LogP contribution >= 0.6 is 23.2 Å². The van der Waals surface area contributed by atoms with E-state index in [1.807, 2.05) is 25.1 Å². The van der Waals surface area contributed by atoms with E-state index in [-0.39, 0.29) is 20.8 Å². The number of carbonyl (C=O) groups is 1. The number of fused-ring (bicyclic) bond motifs is 1. The van der Waals surface area contributed by atoms with Crippen LogP contribution < -0.4 is 4.90 Å². The van der Waals surface area contributed by atoms with Gasteiger partial charge in [-0.25, -0.2) is 8.42 Å². The third-order valence-electron chi connectivity index (χ3n) is 6.78. The van der Waals surface area contributed by atoms with E-state index in [1.165, 1.54) is 10.4 Å². The van der Waals surface area contributed by atoms with Gasteiger partial charge < -0.3 is 19.0 Å². The Hall–Kier alpha value is -2.30. The van der Waals surface area contributed by atoms with Crippen LogP contribution in [-0.2, 0) is 14.8 Å². The van der Waals surface area contributed by atoms with Crippen LogP contribution in [0.5, 0.6) is 0 Å². The molecule has 11 heteroatoms. The van der Waals surface area contributed by atoms with Gasteiger partial charge in [0.05, 0.1) is 23.3 Å². The zero-order valence-electron chi connectivity index (χ0n) is 19.9. The van der Waals surface area contributed by atoms with Gasteiger partial charge in [-0.2, -0.15) is 4.31 Å². The quantitative estimate of drug-likeness (QED) is 0.477. The van der Waals surface area contributed by atoms with Crippen molar-refractivity contribution in [3.8, 4) is 0 Å². The molecule has 192 valence electrons. The molecule has 2 aliphatic rings. The minimum absolute atomic E-state index is 0.0265. The fraction of sp³-hybridized carbons (Fsp3) is 0.400. The Kier molecular flexibility index (Phi) is 7.20. The van der Waals surface area contributed by atoms with Gasteiger partial charge in [-0.15, -0.1) is 0 Å². The van der Waals surface area contributed by atoms with Gasteiger partial charge in [-0.05, 0) is 49.2 Å². The van der Waals surface area contributed by atoms with Crippen molar-refractivity contribution in [1.29, 1.82) is 0 Å². The molecule has 5 rings (SSSR count). The molecule has 2 aliphatic heterocycles. The van der Waals surface area contributed by atoms with Gasteiger partial charge in [0.15, 0.2) is 5.76 Å². The fourth-order valence-corrected chi connectivity index (χ4v) is 7.01. The summed E-state index contributed by atoms with van der Waals surface area (Å²) in [5.41, 5.74) is 2.64. The predicted octanol–water partition coefficient (Wildman–Crippen LogP) is 4.42. The molecule has 1 aromatic heterocycles. The number of rotatable bonds is 4. The number of nitrogens with zero attached hydrogens (tertiary/aromatic N) is 3. The van der Waals surface area contributed by atoms with E-state index in [2.05, 4.69) is 4.90 Å². The molecule has 0 N–H and O–H groups in total. The summed E-state index contributed by atoms with van der Waals surface area (Å²) in [5, 5.41) is 1.14. The first-order valence-corrected chi connectivity index (χ1v) is 14.1. The van der Waals surface area contributed by atoms with E-state index in [9.17, 15) is 13.2 Å². The topological polar surface area (TPSA) is 83.3 Å². The molecular formula is C25H27Cl2N3O5S. The third-order valence-corrected chi connectivity index (χ3v) is 9.65. The number of sulfonamides is 1. The van der Waals surface area contributed by atoms with Gasteiger partial charge in [0, 0.05) is 50.3 Å². The highest BCUT2D eigenvalue weighted by atomic mass is 35.5. The molecule has 3 aromatic rings. The molecule has 8 nitrogen and oxygen atoms in total. The van der Waals surface area contributed by atoms with Crippen molar-refractivity contribution >= 4 is 55.8 Å². The number of halogens is 2. The Morgan fingerprint density at radius 1 is 0.972 bits per heavy atom. The highest BCUT2D eigenvalue weighted by Crippen LogP contribution is 2.34. The maximum absolute atomic E-state index is 13.3. The number of benzene rings is 2. The first-order chi connectivity index (χ1) is 17.3. The number of ether oxygens (including phenoxy) is 1. The van der Waals surface area contributed by atoms with Crippen LogP contribution in [0.3, 0.4) is 0 Å². The van der Waals surface area contributed by atoms with Crippen molar-refractivity contribution in [3.63, 3.8) is 0 Å². The molecule has 0 radical (unpaired) electrons. The number of hydrogen-bond acceptors (Lipinski definition) is 6. The number of anilines is 1. The second-order valence-corrected chi connectivity index (χ2v) is 11.6. The predicted molar refractivity (Wildman–Crippen MR) is 140 cm³/mol. The summed E-state index contributed by atoms with van der Waals surface area (Å²) in [6.07, 6.45) is 0.654.